The summed E-state index contributed by atoms with van der Waals surface area (Å²) in [5, 5.41) is 4.83. The summed E-state index contributed by atoms with van der Waals surface area (Å²) in [5.74, 6) is 0.604. The fraction of sp³-hybridized carbons (Fsp3) is 0.417. The zero-order valence-corrected chi connectivity index (χ0v) is 12.0. The van der Waals surface area contributed by atoms with Crippen LogP contribution in [0.25, 0.3) is 10.2 Å². The average molecular weight is 264 g/mol. The molecule has 0 radical (unpaired) electrons. The molecule has 0 amide bonds. The molecule has 0 saturated carbocycles. The Morgan fingerprint density at radius 1 is 1.33 bits per heavy atom. The lowest BCUT2D eigenvalue weighted by molar-refractivity contribution is 0.626. The molecule has 0 fully saturated rings. The normalized spacial score (nSPS) is 11.6. The number of thiophene rings is 1. The molecule has 0 saturated heterocycles. The molecule has 0 bridgehead atoms. The predicted octanol–water partition coefficient (Wildman–Crippen LogP) is 1.74. The third-order valence-corrected chi connectivity index (χ3v) is 3.84. The number of aryl methyl sites for hydroxylation is 3. The minimum Gasteiger partial charge on any atom is -0.367 e. The highest BCUT2D eigenvalue weighted by Gasteiger charge is 2.13. The van der Waals surface area contributed by atoms with Crippen LogP contribution in [0.1, 0.15) is 16.3 Å². The van der Waals surface area contributed by atoms with E-state index in [-0.39, 0.29) is 5.56 Å². The summed E-state index contributed by atoms with van der Waals surface area (Å²) in [6.07, 6.45) is 1.59. The molecular weight excluding hydrogens is 248 g/mol. The van der Waals surface area contributed by atoms with Crippen LogP contribution >= 0.6 is 11.3 Å². The van der Waals surface area contributed by atoms with Crippen LogP contribution in [0.2, 0.25) is 0 Å². The maximum absolute atomic E-state index is 12.4. The molecule has 0 atom stereocenters. The Bertz CT molecular complexity index is 681. The van der Waals surface area contributed by atoms with E-state index in [0.717, 1.165) is 15.3 Å². The van der Waals surface area contributed by atoms with Gasteiger partial charge in [0.25, 0.3) is 5.56 Å². The minimum absolute atomic E-state index is 0.0996. The van der Waals surface area contributed by atoms with Crippen LogP contribution in [0.4, 0.5) is 0 Å². The first-order valence-electron chi connectivity index (χ1n) is 5.62. The molecule has 0 aromatic carbocycles. The highest BCUT2D eigenvalue weighted by atomic mass is 32.1. The van der Waals surface area contributed by atoms with Gasteiger partial charge in [0.1, 0.15) is 17.0 Å². The van der Waals surface area contributed by atoms with Gasteiger partial charge in [0.15, 0.2) is 0 Å². The van der Waals surface area contributed by atoms with E-state index >= 15 is 0 Å². The van der Waals surface area contributed by atoms with Crippen molar-refractivity contribution < 1.29 is 0 Å². The van der Waals surface area contributed by atoms with E-state index in [4.69, 9.17) is 0 Å². The minimum atomic E-state index is -0.0996. The lowest BCUT2D eigenvalue weighted by Gasteiger charge is -2.06. The van der Waals surface area contributed by atoms with Gasteiger partial charge < -0.3 is 4.90 Å². The van der Waals surface area contributed by atoms with Gasteiger partial charge in [-0.05, 0) is 26.3 Å². The fourth-order valence-electron chi connectivity index (χ4n) is 1.68. The predicted molar refractivity (Wildman–Crippen MR) is 75.7 cm³/mol. The van der Waals surface area contributed by atoms with Crippen LogP contribution in [0.3, 0.4) is 0 Å². The van der Waals surface area contributed by atoms with E-state index < -0.39 is 0 Å². The number of nitrogens with zero attached hydrogens (tertiary/aromatic N) is 4. The lowest BCUT2D eigenvalue weighted by Crippen LogP contribution is -2.22. The smallest absolute Gasteiger partial charge is 0.283 e. The summed E-state index contributed by atoms with van der Waals surface area (Å²) in [4.78, 5) is 20.5. The lowest BCUT2D eigenvalue weighted by atomic mass is 10.2. The van der Waals surface area contributed by atoms with E-state index in [2.05, 4.69) is 10.1 Å². The molecule has 96 valence electrons. The van der Waals surface area contributed by atoms with Crippen LogP contribution in [-0.2, 0) is 0 Å². The van der Waals surface area contributed by atoms with Crippen molar-refractivity contribution in [3.63, 3.8) is 0 Å². The van der Waals surface area contributed by atoms with Gasteiger partial charge in [-0.25, -0.2) is 4.98 Å². The van der Waals surface area contributed by atoms with Gasteiger partial charge >= 0.3 is 0 Å². The Balaban J connectivity index is 2.76. The third kappa shape index (κ3) is 2.03. The van der Waals surface area contributed by atoms with Gasteiger partial charge in [0.05, 0.1) is 5.39 Å². The van der Waals surface area contributed by atoms with Crippen molar-refractivity contribution in [2.45, 2.75) is 20.8 Å². The SMILES string of the molecule is Cc1sc2nc(C)n(/N=C/N(C)C)c(=O)c2c1C. The van der Waals surface area contributed by atoms with Gasteiger partial charge in [-0.1, -0.05) is 0 Å². The largest absolute Gasteiger partial charge is 0.367 e. The fourth-order valence-corrected chi connectivity index (χ4v) is 2.74. The Morgan fingerprint density at radius 3 is 2.61 bits per heavy atom. The monoisotopic (exact) mass is 264 g/mol. The number of hydrogen-bond donors (Lipinski definition) is 0. The molecule has 6 heteroatoms. The van der Waals surface area contributed by atoms with Crippen LogP contribution < -0.4 is 5.56 Å². The highest BCUT2D eigenvalue weighted by molar-refractivity contribution is 7.18. The molecule has 0 unspecified atom stereocenters. The van der Waals surface area contributed by atoms with E-state index in [1.54, 1.807) is 29.5 Å². The van der Waals surface area contributed by atoms with E-state index in [0.29, 0.717) is 11.2 Å². The number of rotatable bonds is 2. The van der Waals surface area contributed by atoms with Crippen molar-refractivity contribution in [1.29, 1.82) is 0 Å². The van der Waals surface area contributed by atoms with Gasteiger partial charge in [0, 0.05) is 19.0 Å². The van der Waals surface area contributed by atoms with Crippen LogP contribution in [0.15, 0.2) is 9.90 Å². The molecule has 0 aliphatic carbocycles. The zero-order valence-electron chi connectivity index (χ0n) is 11.2. The van der Waals surface area contributed by atoms with Crippen molar-refractivity contribution in [2.24, 2.45) is 5.10 Å². The van der Waals surface area contributed by atoms with Crippen molar-refractivity contribution in [3.05, 3.63) is 26.6 Å². The van der Waals surface area contributed by atoms with Crippen LogP contribution in [0.5, 0.6) is 0 Å². The second kappa shape index (κ2) is 4.53. The zero-order chi connectivity index (χ0) is 13.4. The quantitative estimate of drug-likeness (QED) is 0.613. The Hall–Kier alpha value is -1.69. The van der Waals surface area contributed by atoms with Crippen LogP contribution in [0, 0.1) is 20.8 Å². The topological polar surface area (TPSA) is 50.5 Å². The van der Waals surface area contributed by atoms with Gasteiger partial charge in [0.2, 0.25) is 0 Å². The van der Waals surface area contributed by atoms with E-state index in [1.807, 2.05) is 27.9 Å². The Labute approximate surface area is 109 Å². The molecule has 2 aromatic heterocycles. The molecule has 2 rings (SSSR count). The summed E-state index contributed by atoms with van der Waals surface area (Å²) < 4.78 is 1.35. The summed E-state index contributed by atoms with van der Waals surface area (Å²) in [7, 11) is 3.71. The summed E-state index contributed by atoms with van der Waals surface area (Å²) in [6, 6.07) is 0. The van der Waals surface area contributed by atoms with Crippen molar-refractivity contribution in [1.82, 2.24) is 14.6 Å². The maximum Gasteiger partial charge on any atom is 0.283 e. The molecule has 0 spiro atoms. The maximum atomic E-state index is 12.4. The van der Waals surface area contributed by atoms with Crippen molar-refractivity contribution in [3.8, 4) is 0 Å². The van der Waals surface area contributed by atoms with Crippen LogP contribution in [-0.4, -0.2) is 35.0 Å². The summed E-state index contributed by atoms with van der Waals surface area (Å²) >= 11 is 1.55. The molecular formula is C12H16N4OS. The second-order valence-electron chi connectivity index (χ2n) is 4.43. The highest BCUT2D eigenvalue weighted by Crippen LogP contribution is 2.25. The molecule has 0 aliphatic rings. The summed E-state index contributed by atoms with van der Waals surface area (Å²) in [6.45, 7) is 5.74. The second-order valence-corrected chi connectivity index (χ2v) is 5.64. The molecule has 2 aromatic rings. The number of fused-ring (bicyclic) bond motifs is 1. The number of hydrogen-bond acceptors (Lipinski definition) is 4. The molecule has 5 nitrogen and oxygen atoms in total. The first-order chi connectivity index (χ1) is 8.41. The molecule has 0 aliphatic heterocycles. The van der Waals surface area contributed by atoms with Gasteiger partial charge in [-0.3, -0.25) is 4.79 Å². The first-order valence-corrected chi connectivity index (χ1v) is 6.43. The third-order valence-electron chi connectivity index (χ3n) is 2.74. The van der Waals surface area contributed by atoms with E-state index in [9.17, 15) is 4.79 Å². The van der Waals surface area contributed by atoms with Gasteiger partial charge in [-0.2, -0.15) is 9.78 Å². The molecule has 2 heterocycles. The number of aromatic nitrogens is 2. The Morgan fingerprint density at radius 2 is 2.00 bits per heavy atom. The first kappa shape index (κ1) is 12.8. The van der Waals surface area contributed by atoms with Crippen molar-refractivity contribution in [2.75, 3.05) is 14.1 Å². The molecule has 0 N–H and O–H groups in total. The standard InChI is InChI=1S/C12H16N4OS/c1-7-8(2)18-11-10(7)12(17)16(9(3)14-11)13-6-15(4)5/h6H,1-5H3/b13-6+. The summed E-state index contributed by atoms with van der Waals surface area (Å²) in [5.41, 5.74) is 0.902. The molecule has 18 heavy (non-hydrogen) atoms. The average Bonchev–Trinajstić information content (AvgIpc) is 2.53. The van der Waals surface area contributed by atoms with Gasteiger partial charge in [-0.15, -0.1) is 11.3 Å². The Kier molecular flexibility index (Phi) is 3.21. The van der Waals surface area contributed by atoms with Crippen molar-refractivity contribution >= 4 is 27.9 Å². The van der Waals surface area contributed by atoms with E-state index in [1.165, 1.54) is 4.68 Å².